The van der Waals surface area contributed by atoms with Gasteiger partial charge in [-0.25, -0.2) is 0 Å². The average Bonchev–Trinajstić information content (AvgIpc) is 2.04. The van der Waals surface area contributed by atoms with Gasteiger partial charge in [0.1, 0.15) is 0 Å². The van der Waals surface area contributed by atoms with Crippen molar-refractivity contribution in [1.82, 2.24) is 0 Å². The molecule has 0 aromatic rings. The van der Waals surface area contributed by atoms with E-state index in [1.54, 1.807) is 0 Å². The number of hydrogen-bond donors (Lipinski definition) is 1. The van der Waals surface area contributed by atoms with Crippen LogP contribution in [-0.2, 0) is 4.74 Å². The zero-order chi connectivity index (χ0) is 10.1. The average molecular weight is 186 g/mol. The summed E-state index contributed by atoms with van der Waals surface area (Å²) in [5.74, 6) is 0.253. The van der Waals surface area contributed by atoms with E-state index in [0.717, 1.165) is 12.8 Å². The van der Waals surface area contributed by atoms with Crippen LogP contribution in [0.5, 0.6) is 0 Å². The molecule has 1 heterocycles. The van der Waals surface area contributed by atoms with Crippen LogP contribution in [0.25, 0.3) is 0 Å². The van der Waals surface area contributed by atoms with Gasteiger partial charge in [-0.3, -0.25) is 0 Å². The third-order valence-electron chi connectivity index (χ3n) is 3.29. The van der Waals surface area contributed by atoms with Crippen LogP contribution in [-0.4, -0.2) is 22.9 Å². The Morgan fingerprint density at radius 3 is 2.46 bits per heavy atom. The molecule has 1 fully saturated rings. The highest BCUT2D eigenvalue weighted by Crippen LogP contribution is 2.31. The molecule has 0 radical (unpaired) electrons. The van der Waals surface area contributed by atoms with Crippen molar-refractivity contribution in [2.45, 2.75) is 64.8 Å². The van der Waals surface area contributed by atoms with Crippen LogP contribution in [0.1, 0.15) is 47.0 Å². The Labute approximate surface area is 81.3 Å². The predicted molar refractivity (Wildman–Crippen MR) is 53.6 cm³/mol. The van der Waals surface area contributed by atoms with E-state index >= 15 is 0 Å². The fourth-order valence-electron chi connectivity index (χ4n) is 1.81. The fourth-order valence-corrected chi connectivity index (χ4v) is 1.81. The SMILES string of the molecule is CC(C)[C@](C)(O)[C@@H]1CCC[C@H](C)O1. The van der Waals surface area contributed by atoms with Crippen LogP contribution >= 0.6 is 0 Å². The molecule has 0 saturated carbocycles. The van der Waals surface area contributed by atoms with Crippen molar-refractivity contribution in [3.05, 3.63) is 0 Å². The summed E-state index contributed by atoms with van der Waals surface area (Å²) < 4.78 is 5.76. The quantitative estimate of drug-likeness (QED) is 0.717. The van der Waals surface area contributed by atoms with E-state index in [4.69, 9.17) is 4.74 Å². The highest BCUT2D eigenvalue weighted by Gasteiger charge is 2.38. The fraction of sp³-hybridized carbons (Fsp3) is 1.00. The lowest BCUT2D eigenvalue weighted by Gasteiger charge is -2.40. The van der Waals surface area contributed by atoms with Gasteiger partial charge in [-0.1, -0.05) is 13.8 Å². The summed E-state index contributed by atoms with van der Waals surface area (Å²) in [6.45, 7) is 8.06. The molecule has 0 amide bonds. The Kier molecular flexibility index (Phi) is 3.36. The largest absolute Gasteiger partial charge is 0.387 e. The molecule has 0 unspecified atom stereocenters. The Hall–Kier alpha value is -0.0800. The normalized spacial score (nSPS) is 34.6. The minimum Gasteiger partial charge on any atom is -0.387 e. The van der Waals surface area contributed by atoms with Gasteiger partial charge < -0.3 is 9.84 Å². The molecule has 0 aromatic carbocycles. The molecule has 78 valence electrons. The minimum atomic E-state index is -0.672. The molecule has 0 bridgehead atoms. The van der Waals surface area contributed by atoms with E-state index in [9.17, 15) is 5.11 Å². The number of hydrogen-bond acceptors (Lipinski definition) is 2. The summed E-state index contributed by atoms with van der Waals surface area (Å²) >= 11 is 0. The van der Waals surface area contributed by atoms with Gasteiger partial charge in [-0.2, -0.15) is 0 Å². The molecule has 1 aliphatic rings. The van der Waals surface area contributed by atoms with E-state index in [1.807, 2.05) is 20.8 Å². The van der Waals surface area contributed by atoms with Gasteiger partial charge in [0.15, 0.2) is 0 Å². The first-order valence-corrected chi connectivity index (χ1v) is 5.32. The van der Waals surface area contributed by atoms with E-state index in [0.29, 0.717) is 6.10 Å². The highest BCUT2D eigenvalue weighted by molar-refractivity contribution is 4.88. The molecule has 2 nitrogen and oxygen atoms in total. The molecular weight excluding hydrogens is 164 g/mol. The van der Waals surface area contributed by atoms with Crippen molar-refractivity contribution in [3.63, 3.8) is 0 Å². The first-order chi connectivity index (χ1) is 5.94. The van der Waals surface area contributed by atoms with Gasteiger partial charge in [0.05, 0.1) is 17.8 Å². The van der Waals surface area contributed by atoms with Gasteiger partial charge in [0, 0.05) is 0 Å². The van der Waals surface area contributed by atoms with Crippen LogP contribution < -0.4 is 0 Å². The smallest absolute Gasteiger partial charge is 0.0903 e. The van der Waals surface area contributed by atoms with Crippen LogP contribution in [0.4, 0.5) is 0 Å². The molecule has 1 aliphatic heterocycles. The zero-order valence-corrected chi connectivity index (χ0v) is 9.21. The zero-order valence-electron chi connectivity index (χ0n) is 9.21. The third-order valence-corrected chi connectivity index (χ3v) is 3.29. The van der Waals surface area contributed by atoms with Crippen molar-refractivity contribution in [2.75, 3.05) is 0 Å². The van der Waals surface area contributed by atoms with Gasteiger partial charge >= 0.3 is 0 Å². The summed E-state index contributed by atoms with van der Waals surface area (Å²) in [4.78, 5) is 0. The van der Waals surface area contributed by atoms with Gasteiger partial charge in [0.2, 0.25) is 0 Å². The maximum Gasteiger partial charge on any atom is 0.0903 e. The predicted octanol–water partition coefficient (Wildman–Crippen LogP) is 2.35. The molecule has 1 N–H and O–H groups in total. The second kappa shape index (κ2) is 3.97. The Morgan fingerprint density at radius 2 is 2.00 bits per heavy atom. The molecule has 13 heavy (non-hydrogen) atoms. The summed E-state index contributed by atoms with van der Waals surface area (Å²) in [6.07, 6.45) is 3.63. The van der Waals surface area contributed by atoms with Gasteiger partial charge in [-0.15, -0.1) is 0 Å². The van der Waals surface area contributed by atoms with Crippen LogP contribution in [0, 0.1) is 5.92 Å². The first-order valence-electron chi connectivity index (χ1n) is 5.32. The molecule has 0 aromatic heterocycles. The number of rotatable bonds is 2. The lowest BCUT2D eigenvalue weighted by molar-refractivity contribution is -0.161. The second-order valence-corrected chi connectivity index (χ2v) is 4.75. The topological polar surface area (TPSA) is 29.5 Å². The molecule has 1 saturated heterocycles. The number of aliphatic hydroxyl groups is 1. The molecular formula is C11H22O2. The summed E-state index contributed by atoms with van der Waals surface area (Å²) in [5, 5.41) is 10.2. The lowest BCUT2D eigenvalue weighted by atomic mass is 9.83. The minimum absolute atomic E-state index is 0.0243. The molecule has 2 heteroatoms. The monoisotopic (exact) mass is 186 g/mol. The van der Waals surface area contributed by atoms with E-state index < -0.39 is 5.60 Å². The van der Waals surface area contributed by atoms with E-state index in [2.05, 4.69) is 6.92 Å². The third kappa shape index (κ3) is 2.44. The summed E-state index contributed by atoms with van der Waals surface area (Å²) in [6, 6.07) is 0. The Balaban J connectivity index is 2.59. The molecule has 3 atom stereocenters. The van der Waals surface area contributed by atoms with Crippen molar-refractivity contribution in [2.24, 2.45) is 5.92 Å². The second-order valence-electron chi connectivity index (χ2n) is 4.75. The Morgan fingerprint density at radius 1 is 1.38 bits per heavy atom. The van der Waals surface area contributed by atoms with Crippen LogP contribution in [0.2, 0.25) is 0 Å². The standard InChI is InChI=1S/C11H22O2/c1-8(2)11(4,12)10-7-5-6-9(3)13-10/h8-10,12H,5-7H2,1-4H3/t9-,10-,11-/m0/s1. The highest BCUT2D eigenvalue weighted by atomic mass is 16.5. The van der Waals surface area contributed by atoms with Gasteiger partial charge in [0.25, 0.3) is 0 Å². The summed E-state index contributed by atoms with van der Waals surface area (Å²) in [5.41, 5.74) is -0.672. The maximum atomic E-state index is 10.2. The Bertz CT molecular complexity index is 163. The maximum absolute atomic E-state index is 10.2. The molecule has 1 rings (SSSR count). The van der Waals surface area contributed by atoms with Crippen LogP contribution in [0.3, 0.4) is 0 Å². The van der Waals surface area contributed by atoms with E-state index in [-0.39, 0.29) is 12.0 Å². The molecule has 0 spiro atoms. The van der Waals surface area contributed by atoms with Gasteiger partial charge in [-0.05, 0) is 39.0 Å². The summed E-state index contributed by atoms with van der Waals surface area (Å²) in [7, 11) is 0. The van der Waals surface area contributed by atoms with Crippen molar-refractivity contribution in [3.8, 4) is 0 Å². The van der Waals surface area contributed by atoms with E-state index in [1.165, 1.54) is 6.42 Å². The first kappa shape index (κ1) is 11.0. The number of ether oxygens (including phenoxy) is 1. The van der Waals surface area contributed by atoms with Crippen molar-refractivity contribution >= 4 is 0 Å². The van der Waals surface area contributed by atoms with Crippen LogP contribution in [0.15, 0.2) is 0 Å². The molecule has 0 aliphatic carbocycles. The van der Waals surface area contributed by atoms with Crippen molar-refractivity contribution in [1.29, 1.82) is 0 Å². The lowest BCUT2D eigenvalue weighted by Crippen LogP contribution is -2.48. The van der Waals surface area contributed by atoms with Crippen molar-refractivity contribution < 1.29 is 9.84 Å².